The number of aryl methyl sites for hydroxylation is 1. The summed E-state index contributed by atoms with van der Waals surface area (Å²) in [7, 11) is 0. The second-order valence-corrected chi connectivity index (χ2v) is 6.14. The van der Waals surface area contributed by atoms with Gasteiger partial charge in [0.05, 0.1) is 12.1 Å². The molecular formula is C16H15ClINO2. The third-order valence-electron chi connectivity index (χ3n) is 2.84. The Balaban J connectivity index is 1.80. The molecule has 0 saturated heterocycles. The molecule has 0 radical (unpaired) electrons. The standard InChI is InChI=1S/C16H15ClINO2/c1-11-2-7-14(15(18)10-11)16(20)19-8-9-21-13-5-3-12(17)4-6-13/h2-7,10H,8-9H2,1H3,(H,19,20). The van der Waals surface area contributed by atoms with E-state index in [4.69, 9.17) is 16.3 Å². The van der Waals surface area contributed by atoms with Crippen LogP contribution in [0.1, 0.15) is 15.9 Å². The van der Waals surface area contributed by atoms with Gasteiger partial charge in [-0.25, -0.2) is 0 Å². The van der Waals surface area contributed by atoms with Gasteiger partial charge in [-0.05, 0) is 65.9 Å². The molecule has 2 aromatic carbocycles. The Morgan fingerprint density at radius 2 is 1.95 bits per heavy atom. The Labute approximate surface area is 142 Å². The molecule has 2 aromatic rings. The monoisotopic (exact) mass is 415 g/mol. The molecule has 0 spiro atoms. The molecule has 21 heavy (non-hydrogen) atoms. The molecule has 0 unspecified atom stereocenters. The molecule has 0 aliphatic heterocycles. The topological polar surface area (TPSA) is 38.3 Å². The first-order valence-corrected chi connectivity index (χ1v) is 7.94. The average molecular weight is 416 g/mol. The van der Waals surface area contributed by atoms with Crippen LogP contribution < -0.4 is 10.1 Å². The van der Waals surface area contributed by atoms with Crippen molar-refractivity contribution >= 4 is 40.1 Å². The molecule has 0 aliphatic carbocycles. The number of rotatable bonds is 5. The largest absolute Gasteiger partial charge is 0.492 e. The molecule has 0 atom stereocenters. The maximum absolute atomic E-state index is 12.0. The summed E-state index contributed by atoms with van der Waals surface area (Å²) in [5.74, 6) is 0.651. The van der Waals surface area contributed by atoms with Gasteiger partial charge >= 0.3 is 0 Å². The van der Waals surface area contributed by atoms with E-state index in [0.29, 0.717) is 23.7 Å². The first-order chi connectivity index (χ1) is 10.1. The molecule has 0 saturated carbocycles. The molecular weight excluding hydrogens is 401 g/mol. The van der Waals surface area contributed by atoms with Crippen molar-refractivity contribution in [3.05, 3.63) is 62.2 Å². The Bertz CT molecular complexity index is 629. The first-order valence-electron chi connectivity index (χ1n) is 6.49. The minimum atomic E-state index is -0.0842. The number of nitrogens with one attached hydrogen (secondary N) is 1. The molecule has 1 amide bonds. The van der Waals surface area contributed by atoms with E-state index in [1.807, 2.05) is 25.1 Å². The van der Waals surface area contributed by atoms with Crippen LogP contribution in [-0.4, -0.2) is 19.1 Å². The summed E-state index contributed by atoms with van der Waals surface area (Å²) in [4.78, 5) is 12.0. The van der Waals surface area contributed by atoms with Crippen molar-refractivity contribution in [1.29, 1.82) is 0 Å². The van der Waals surface area contributed by atoms with Crippen molar-refractivity contribution in [2.24, 2.45) is 0 Å². The SMILES string of the molecule is Cc1ccc(C(=O)NCCOc2ccc(Cl)cc2)c(I)c1. The lowest BCUT2D eigenvalue weighted by molar-refractivity contribution is 0.0946. The highest BCUT2D eigenvalue weighted by molar-refractivity contribution is 14.1. The van der Waals surface area contributed by atoms with Crippen molar-refractivity contribution in [3.63, 3.8) is 0 Å². The summed E-state index contributed by atoms with van der Waals surface area (Å²) in [6.45, 7) is 2.87. The predicted molar refractivity (Wildman–Crippen MR) is 93.2 cm³/mol. The van der Waals surface area contributed by atoms with Crippen molar-refractivity contribution in [2.45, 2.75) is 6.92 Å². The van der Waals surface area contributed by atoms with Crippen LogP contribution in [-0.2, 0) is 0 Å². The molecule has 0 aromatic heterocycles. The summed E-state index contributed by atoms with van der Waals surface area (Å²) >= 11 is 7.97. The van der Waals surface area contributed by atoms with Crippen LogP contribution in [0.25, 0.3) is 0 Å². The average Bonchev–Trinajstić information content (AvgIpc) is 2.45. The number of amides is 1. The van der Waals surface area contributed by atoms with Crippen molar-refractivity contribution in [3.8, 4) is 5.75 Å². The van der Waals surface area contributed by atoms with Crippen LogP contribution >= 0.6 is 34.2 Å². The Morgan fingerprint density at radius 3 is 2.62 bits per heavy atom. The molecule has 2 rings (SSSR count). The van der Waals surface area contributed by atoms with Crippen LogP contribution in [0.15, 0.2) is 42.5 Å². The lowest BCUT2D eigenvalue weighted by Gasteiger charge is -2.09. The summed E-state index contributed by atoms with van der Waals surface area (Å²) in [5, 5.41) is 3.52. The Morgan fingerprint density at radius 1 is 1.24 bits per heavy atom. The molecule has 3 nitrogen and oxygen atoms in total. The van der Waals surface area contributed by atoms with Gasteiger partial charge in [-0.15, -0.1) is 0 Å². The van der Waals surface area contributed by atoms with Crippen LogP contribution in [0.2, 0.25) is 5.02 Å². The third kappa shape index (κ3) is 4.89. The number of carbonyl (C=O) groups excluding carboxylic acids is 1. The predicted octanol–water partition coefficient (Wildman–Crippen LogP) is 4.06. The summed E-state index contributed by atoms with van der Waals surface area (Å²) < 4.78 is 6.47. The zero-order chi connectivity index (χ0) is 15.2. The third-order valence-corrected chi connectivity index (χ3v) is 3.98. The highest BCUT2D eigenvalue weighted by Gasteiger charge is 2.09. The minimum Gasteiger partial charge on any atom is -0.492 e. The molecule has 0 bridgehead atoms. The van der Waals surface area contributed by atoms with Gasteiger partial charge in [-0.1, -0.05) is 23.2 Å². The fourth-order valence-electron chi connectivity index (χ4n) is 1.76. The van der Waals surface area contributed by atoms with E-state index in [-0.39, 0.29) is 5.91 Å². The molecule has 110 valence electrons. The second-order valence-electron chi connectivity index (χ2n) is 4.54. The van der Waals surface area contributed by atoms with Gasteiger partial charge < -0.3 is 10.1 Å². The van der Waals surface area contributed by atoms with Gasteiger partial charge in [0.15, 0.2) is 0 Å². The van der Waals surface area contributed by atoms with Crippen LogP contribution in [0.4, 0.5) is 0 Å². The number of halogens is 2. The normalized spacial score (nSPS) is 10.2. The smallest absolute Gasteiger partial charge is 0.252 e. The zero-order valence-corrected chi connectivity index (χ0v) is 14.4. The van der Waals surface area contributed by atoms with Crippen molar-refractivity contribution in [2.75, 3.05) is 13.2 Å². The van der Waals surface area contributed by atoms with Gasteiger partial charge in [0.2, 0.25) is 0 Å². The van der Waals surface area contributed by atoms with Gasteiger partial charge in [0.25, 0.3) is 5.91 Å². The van der Waals surface area contributed by atoms with Crippen molar-refractivity contribution < 1.29 is 9.53 Å². The molecule has 0 aliphatic rings. The van der Waals surface area contributed by atoms with Gasteiger partial charge in [-0.2, -0.15) is 0 Å². The number of ether oxygens (including phenoxy) is 1. The van der Waals surface area contributed by atoms with Crippen LogP contribution in [0, 0.1) is 10.5 Å². The van der Waals surface area contributed by atoms with E-state index in [1.165, 1.54) is 0 Å². The first kappa shape index (κ1) is 16.1. The maximum Gasteiger partial charge on any atom is 0.252 e. The van der Waals surface area contributed by atoms with E-state index in [1.54, 1.807) is 24.3 Å². The summed E-state index contributed by atoms with van der Waals surface area (Å²) in [6, 6.07) is 12.9. The highest BCUT2D eigenvalue weighted by atomic mass is 127. The Kier molecular flexibility index (Phi) is 5.87. The van der Waals surface area contributed by atoms with E-state index in [0.717, 1.165) is 14.9 Å². The second kappa shape index (κ2) is 7.66. The van der Waals surface area contributed by atoms with Gasteiger partial charge in [0.1, 0.15) is 12.4 Å². The van der Waals surface area contributed by atoms with E-state index < -0.39 is 0 Å². The van der Waals surface area contributed by atoms with E-state index in [9.17, 15) is 4.79 Å². The Hall–Kier alpha value is -1.27. The van der Waals surface area contributed by atoms with Crippen molar-refractivity contribution in [1.82, 2.24) is 5.32 Å². The van der Waals surface area contributed by atoms with E-state index >= 15 is 0 Å². The van der Waals surface area contributed by atoms with Crippen LogP contribution in [0.3, 0.4) is 0 Å². The fraction of sp³-hybridized carbons (Fsp3) is 0.188. The van der Waals surface area contributed by atoms with E-state index in [2.05, 4.69) is 27.9 Å². The number of hydrogen-bond acceptors (Lipinski definition) is 2. The maximum atomic E-state index is 12.0. The van der Waals surface area contributed by atoms with Gasteiger partial charge in [-0.3, -0.25) is 4.79 Å². The van der Waals surface area contributed by atoms with Crippen LogP contribution in [0.5, 0.6) is 5.75 Å². The molecule has 1 N–H and O–H groups in total. The highest BCUT2D eigenvalue weighted by Crippen LogP contribution is 2.15. The quantitative estimate of drug-likeness (QED) is 0.591. The molecule has 0 heterocycles. The number of hydrogen-bond donors (Lipinski definition) is 1. The zero-order valence-electron chi connectivity index (χ0n) is 11.5. The van der Waals surface area contributed by atoms with Gasteiger partial charge in [0, 0.05) is 8.59 Å². The minimum absolute atomic E-state index is 0.0842. The molecule has 5 heteroatoms. The summed E-state index contributed by atoms with van der Waals surface area (Å²) in [6.07, 6.45) is 0. The number of carbonyl (C=O) groups is 1. The molecule has 0 fully saturated rings. The lowest BCUT2D eigenvalue weighted by atomic mass is 10.1. The number of benzene rings is 2. The summed E-state index contributed by atoms with van der Waals surface area (Å²) in [5.41, 5.74) is 1.83. The fourth-order valence-corrected chi connectivity index (χ4v) is 2.81. The lowest BCUT2D eigenvalue weighted by Crippen LogP contribution is -2.28.